The Kier molecular flexibility index (Phi) is 4.44. The number of amides is 1. The van der Waals surface area contributed by atoms with Crippen LogP contribution < -0.4 is 5.32 Å². The van der Waals surface area contributed by atoms with Gasteiger partial charge in [0.25, 0.3) is 5.91 Å². The second-order valence-corrected chi connectivity index (χ2v) is 7.20. The smallest absolute Gasteiger partial charge is 0.262 e. The van der Waals surface area contributed by atoms with E-state index in [0.29, 0.717) is 35.3 Å². The van der Waals surface area contributed by atoms with Crippen LogP contribution >= 0.6 is 0 Å². The van der Waals surface area contributed by atoms with E-state index >= 15 is 0 Å². The van der Waals surface area contributed by atoms with E-state index in [1.165, 1.54) is 4.90 Å². The number of carbonyl (C=O) groups excluding carboxylic acids is 1. The molecule has 5 heterocycles. The quantitative estimate of drug-likeness (QED) is 0.441. The number of pyridine rings is 1. The van der Waals surface area contributed by atoms with Gasteiger partial charge in [0, 0.05) is 38.5 Å². The first-order chi connectivity index (χ1) is 15.0. The average Bonchev–Trinajstić information content (AvgIpc) is 3.54. The molecule has 3 N–H and O–H groups in total. The van der Waals surface area contributed by atoms with Crippen molar-refractivity contribution in [3.8, 4) is 22.8 Å². The lowest BCUT2D eigenvalue weighted by Gasteiger charge is -2.16. The Morgan fingerprint density at radius 1 is 1.19 bits per heavy atom. The van der Waals surface area contributed by atoms with E-state index in [9.17, 15) is 9.90 Å². The third kappa shape index (κ3) is 3.40. The number of rotatable bonds is 5. The van der Waals surface area contributed by atoms with Gasteiger partial charge in [-0.25, -0.2) is 15.0 Å². The minimum absolute atomic E-state index is 0.109. The van der Waals surface area contributed by atoms with Crippen molar-refractivity contribution in [1.82, 2.24) is 35.2 Å². The van der Waals surface area contributed by atoms with Crippen molar-refractivity contribution < 1.29 is 14.4 Å². The number of aliphatic hydroxyl groups is 1. The number of hydrogen-bond donors (Lipinski definition) is 3. The molecule has 11 heteroatoms. The zero-order valence-electron chi connectivity index (χ0n) is 16.5. The summed E-state index contributed by atoms with van der Waals surface area (Å²) in [6, 6.07) is 8.70. The van der Waals surface area contributed by atoms with Crippen LogP contribution in [0.3, 0.4) is 0 Å². The molecular weight excluding hydrogens is 400 g/mol. The Morgan fingerprint density at radius 3 is 2.74 bits per heavy atom. The molecule has 4 aromatic heterocycles. The van der Waals surface area contributed by atoms with Crippen LogP contribution in [0.5, 0.6) is 0 Å². The van der Waals surface area contributed by atoms with Gasteiger partial charge < -0.3 is 19.8 Å². The lowest BCUT2D eigenvalue weighted by atomic mass is 9.98. The van der Waals surface area contributed by atoms with Crippen LogP contribution in [0.15, 0.2) is 53.4 Å². The zero-order chi connectivity index (χ0) is 21.4. The summed E-state index contributed by atoms with van der Waals surface area (Å²) in [7, 11) is 1.64. The molecule has 1 aliphatic heterocycles. The topological polar surface area (TPSA) is 146 Å². The number of aromatic amines is 1. The number of nitrogens with one attached hydrogen (secondary N) is 2. The predicted octanol–water partition coefficient (Wildman–Crippen LogP) is 1.71. The number of carbonyl (C=O) groups is 1. The molecule has 1 fully saturated rings. The van der Waals surface area contributed by atoms with Gasteiger partial charge in [0.15, 0.2) is 5.76 Å². The fourth-order valence-corrected chi connectivity index (χ4v) is 3.40. The normalized spacial score (nSPS) is 18.5. The van der Waals surface area contributed by atoms with Gasteiger partial charge in [-0.05, 0) is 18.2 Å². The van der Waals surface area contributed by atoms with Crippen molar-refractivity contribution >= 4 is 17.5 Å². The third-order valence-electron chi connectivity index (χ3n) is 5.11. The first kappa shape index (κ1) is 18.9. The van der Waals surface area contributed by atoms with E-state index in [1.807, 2.05) is 12.1 Å². The van der Waals surface area contributed by atoms with E-state index in [-0.39, 0.29) is 12.2 Å². The molecule has 0 spiro atoms. The summed E-state index contributed by atoms with van der Waals surface area (Å²) < 4.78 is 5.32. The van der Waals surface area contributed by atoms with Crippen molar-refractivity contribution in [3.05, 3.63) is 54.7 Å². The van der Waals surface area contributed by atoms with E-state index in [2.05, 4.69) is 35.6 Å². The van der Waals surface area contributed by atoms with Crippen LogP contribution in [-0.4, -0.2) is 59.8 Å². The summed E-state index contributed by atoms with van der Waals surface area (Å²) in [5.41, 5.74) is 1.20. The first-order valence-electron chi connectivity index (χ1n) is 9.55. The molecule has 0 saturated carbocycles. The summed E-state index contributed by atoms with van der Waals surface area (Å²) in [6.45, 7) is 0.446. The molecule has 5 rings (SSSR count). The summed E-state index contributed by atoms with van der Waals surface area (Å²) in [5, 5.41) is 24.4. The number of anilines is 2. The highest BCUT2D eigenvalue weighted by Crippen LogP contribution is 2.34. The number of nitrogens with zero attached hydrogens (tertiary/aromatic N) is 6. The lowest BCUT2D eigenvalue weighted by Crippen LogP contribution is -2.35. The molecule has 0 aliphatic carbocycles. The molecule has 0 radical (unpaired) electrons. The van der Waals surface area contributed by atoms with E-state index in [4.69, 9.17) is 4.52 Å². The van der Waals surface area contributed by atoms with Crippen molar-refractivity contribution in [2.24, 2.45) is 0 Å². The molecule has 0 bridgehead atoms. The van der Waals surface area contributed by atoms with Crippen LogP contribution in [0.2, 0.25) is 0 Å². The predicted molar refractivity (Wildman–Crippen MR) is 109 cm³/mol. The maximum atomic E-state index is 12.3. The second kappa shape index (κ2) is 7.29. The fourth-order valence-electron chi connectivity index (χ4n) is 3.40. The van der Waals surface area contributed by atoms with E-state index < -0.39 is 11.5 Å². The lowest BCUT2D eigenvalue weighted by molar-refractivity contribution is -0.144. The number of likely N-dealkylation sites (N-methyl/N-ethyl adjacent to an activating group) is 1. The molecule has 1 amide bonds. The molecule has 4 aromatic rings. The monoisotopic (exact) mass is 418 g/mol. The third-order valence-corrected chi connectivity index (χ3v) is 5.11. The Balaban J connectivity index is 1.43. The van der Waals surface area contributed by atoms with Crippen LogP contribution in [0.4, 0.5) is 11.6 Å². The molecule has 1 unspecified atom stereocenters. The number of likely N-dealkylation sites (tertiary alicyclic amines) is 1. The van der Waals surface area contributed by atoms with Crippen molar-refractivity contribution in [1.29, 1.82) is 0 Å². The van der Waals surface area contributed by atoms with Crippen LogP contribution in [-0.2, 0) is 10.4 Å². The van der Waals surface area contributed by atoms with Crippen molar-refractivity contribution in [3.63, 3.8) is 0 Å². The Bertz CT molecular complexity index is 1240. The SMILES string of the molecule is CN1CCC(O)(c2cc(-c3cccc(-c4ccnc(Nc5cn[nH]c5)n4)n3)no2)C1=O. The van der Waals surface area contributed by atoms with Crippen LogP contribution in [0.25, 0.3) is 22.8 Å². The van der Waals surface area contributed by atoms with Crippen LogP contribution in [0.1, 0.15) is 12.2 Å². The van der Waals surface area contributed by atoms with Gasteiger partial charge in [-0.2, -0.15) is 5.10 Å². The van der Waals surface area contributed by atoms with Gasteiger partial charge in [-0.1, -0.05) is 11.2 Å². The minimum atomic E-state index is -1.70. The number of aromatic nitrogens is 6. The number of hydrogen-bond acceptors (Lipinski definition) is 9. The van der Waals surface area contributed by atoms with E-state index in [1.54, 1.807) is 43.8 Å². The van der Waals surface area contributed by atoms with Gasteiger partial charge in [-0.3, -0.25) is 9.89 Å². The van der Waals surface area contributed by atoms with Gasteiger partial charge in [0.1, 0.15) is 5.69 Å². The van der Waals surface area contributed by atoms with Gasteiger partial charge in [0.05, 0.1) is 29.0 Å². The molecule has 31 heavy (non-hydrogen) atoms. The van der Waals surface area contributed by atoms with Crippen molar-refractivity contribution in [2.75, 3.05) is 18.9 Å². The molecule has 156 valence electrons. The Labute approximate surface area is 176 Å². The summed E-state index contributed by atoms with van der Waals surface area (Å²) >= 11 is 0. The van der Waals surface area contributed by atoms with Crippen molar-refractivity contribution in [2.45, 2.75) is 12.0 Å². The molecule has 0 aromatic carbocycles. The minimum Gasteiger partial charge on any atom is -0.373 e. The standard InChI is InChI=1S/C20H18N8O3/c1-28-8-6-20(30,18(28)29)17-9-16(27-31-17)14-4-2-3-13(25-14)15-5-7-21-19(26-15)24-12-10-22-23-11-12/h2-5,7,9-11,30H,6,8H2,1H3,(H,22,23)(H,21,24,26). The molecule has 1 atom stereocenters. The highest BCUT2D eigenvalue weighted by Gasteiger charge is 2.48. The summed E-state index contributed by atoms with van der Waals surface area (Å²) in [6.07, 6.45) is 5.19. The van der Waals surface area contributed by atoms with Gasteiger partial charge in [-0.15, -0.1) is 0 Å². The second-order valence-electron chi connectivity index (χ2n) is 7.20. The molecule has 1 saturated heterocycles. The highest BCUT2D eigenvalue weighted by atomic mass is 16.5. The fraction of sp³-hybridized carbons (Fsp3) is 0.200. The zero-order valence-corrected chi connectivity index (χ0v) is 16.5. The summed E-state index contributed by atoms with van der Waals surface area (Å²) in [4.78, 5) is 27.1. The summed E-state index contributed by atoms with van der Waals surface area (Å²) in [5.74, 6) is 0.106. The Hall–Kier alpha value is -4.12. The maximum absolute atomic E-state index is 12.3. The molecule has 11 nitrogen and oxygen atoms in total. The molecular formula is C20H18N8O3. The average molecular weight is 418 g/mol. The Morgan fingerprint density at radius 2 is 2.00 bits per heavy atom. The van der Waals surface area contributed by atoms with Crippen LogP contribution in [0, 0.1) is 0 Å². The number of H-pyrrole nitrogens is 1. The first-order valence-corrected chi connectivity index (χ1v) is 9.55. The van der Waals surface area contributed by atoms with E-state index in [0.717, 1.165) is 5.69 Å². The highest BCUT2D eigenvalue weighted by molar-refractivity contribution is 5.87. The molecule has 1 aliphatic rings. The maximum Gasteiger partial charge on any atom is 0.262 e. The largest absolute Gasteiger partial charge is 0.373 e. The van der Waals surface area contributed by atoms with Gasteiger partial charge in [0.2, 0.25) is 11.5 Å². The van der Waals surface area contributed by atoms with Gasteiger partial charge >= 0.3 is 0 Å².